The van der Waals surface area contributed by atoms with Crippen LogP contribution in [0, 0.1) is 43.4 Å². The Morgan fingerprint density at radius 3 is 2.30 bits per heavy atom. The molecule has 1 aromatic rings. The van der Waals surface area contributed by atoms with E-state index in [4.69, 9.17) is 0 Å². The van der Waals surface area contributed by atoms with Crippen LogP contribution in [-0.2, 0) is 14.4 Å². The van der Waals surface area contributed by atoms with E-state index in [2.05, 4.69) is 10.6 Å². The molecule has 2 aliphatic rings. The summed E-state index contributed by atoms with van der Waals surface area (Å²) in [6.07, 6.45) is 4.43. The topological polar surface area (TPSA) is 98.7 Å². The summed E-state index contributed by atoms with van der Waals surface area (Å²) < 4.78 is 0. The number of anilines is 1. The van der Waals surface area contributed by atoms with Crippen molar-refractivity contribution in [3.05, 3.63) is 41.5 Å². The van der Waals surface area contributed by atoms with Crippen molar-refractivity contribution in [2.45, 2.75) is 53.1 Å². The quantitative estimate of drug-likeness (QED) is 0.551. The largest absolute Gasteiger partial charge is 0.394 e. The van der Waals surface area contributed by atoms with Gasteiger partial charge in [0, 0.05) is 18.7 Å². The number of hydrogen-bond acceptors (Lipinski definition) is 4. The van der Waals surface area contributed by atoms with E-state index in [1.165, 1.54) is 0 Å². The van der Waals surface area contributed by atoms with Gasteiger partial charge in [-0.05, 0) is 43.2 Å². The van der Waals surface area contributed by atoms with Crippen molar-refractivity contribution < 1.29 is 19.5 Å². The standard InChI is InChI=1S/C26H37N3O4/c1-14(2)12-18(13-30)29-23(25(32)28-22-16(4)8-7-9-17(22)5)19-11-10-15(3)20(24(31)27-6)21(19)26(29)33/h7-11,14-15,18-21,23,30H,12-13H2,1-6H3,(H,27,31)(H,28,32)/t15-,18-,19+,20-,21+,23+/m1/s1. The van der Waals surface area contributed by atoms with Crippen LogP contribution in [-0.4, -0.2) is 53.5 Å². The number of carbonyl (C=O) groups is 3. The van der Waals surface area contributed by atoms with Gasteiger partial charge in [0.05, 0.1) is 24.5 Å². The number of benzene rings is 1. The number of aryl methyl sites for hydroxylation is 2. The first-order valence-electron chi connectivity index (χ1n) is 11.8. The lowest BCUT2D eigenvalue weighted by Gasteiger charge is -2.34. The summed E-state index contributed by atoms with van der Waals surface area (Å²) in [7, 11) is 1.57. The second-order valence-corrected chi connectivity index (χ2v) is 9.90. The van der Waals surface area contributed by atoms with Crippen LogP contribution in [0.1, 0.15) is 38.3 Å². The molecular formula is C26H37N3O4. The number of nitrogens with one attached hydrogen (secondary N) is 2. The van der Waals surface area contributed by atoms with E-state index in [9.17, 15) is 19.5 Å². The van der Waals surface area contributed by atoms with E-state index >= 15 is 0 Å². The molecule has 0 saturated carbocycles. The molecule has 1 fully saturated rings. The Bertz CT molecular complexity index is 921. The normalized spacial score (nSPS) is 27.5. The number of rotatable bonds is 7. The molecule has 3 N–H and O–H groups in total. The molecule has 1 saturated heterocycles. The van der Waals surface area contributed by atoms with Gasteiger partial charge in [-0.15, -0.1) is 0 Å². The smallest absolute Gasteiger partial charge is 0.247 e. The maximum absolute atomic E-state index is 13.8. The van der Waals surface area contributed by atoms with Crippen LogP contribution < -0.4 is 10.6 Å². The Hall–Kier alpha value is -2.67. The number of para-hydroxylation sites is 1. The van der Waals surface area contributed by atoms with Gasteiger partial charge in [-0.1, -0.05) is 51.1 Å². The minimum Gasteiger partial charge on any atom is -0.394 e. The van der Waals surface area contributed by atoms with E-state index in [0.29, 0.717) is 6.42 Å². The predicted molar refractivity (Wildman–Crippen MR) is 128 cm³/mol. The molecule has 7 nitrogen and oxygen atoms in total. The van der Waals surface area contributed by atoms with Crippen LogP contribution in [0.3, 0.4) is 0 Å². The van der Waals surface area contributed by atoms with Gasteiger partial charge in [-0.2, -0.15) is 0 Å². The molecule has 0 aromatic heterocycles. The first-order valence-corrected chi connectivity index (χ1v) is 11.8. The maximum Gasteiger partial charge on any atom is 0.247 e. The second kappa shape index (κ2) is 10.1. The van der Waals surface area contributed by atoms with Crippen LogP contribution >= 0.6 is 0 Å². The molecule has 0 unspecified atom stereocenters. The lowest BCUT2D eigenvalue weighted by atomic mass is 9.70. The Morgan fingerprint density at radius 2 is 1.76 bits per heavy atom. The monoisotopic (exact) mass is 455 g/mol. The molecule has 7 heteroatoms. The predicted octanol–water partition coefficient (Wildman–Crippen LogP) is 2.66. The third kappa shape index (κ3) is 4.69. The number of amides is 3. The minimum absolute atomic E-state index is 0.130. The number of fused-ring (bicyclic) bond motifs is 1. The molecule has 1 aliphatic carbocycles. The summed E-state index contributed by atoms with van der Waals surface area (Å²) in [5.41, 5.74) is 2.61. The number of carbonyl (C=O) groups excluding carboxylic acids is 3. The Labute approximate surface area is 196 Å². The first-order chi connectivity index (χ1) is 15.6. The number of allylic oxidation sites excluding steroid dienone is 1. The van der Waals surface area contributed by atoms with E-state index in [0.717, 1.165) is 16.8 Å². The van der Waals surface area contributed by atoms with Crippen molar-refractivity contribution in [3.63, 3.8) is 0 Å². The fourth-order valence-electron chi connectivity index (χ4n) is 5.53. The summed E-state index contributed by atoms with van der Waals surface area (Å²) in [6, 6.07) is 4.51. The molecule has 1 heterocycles. The average Bonchev–Trinajstić information content (AvgIpc) is 3.06. The number of aliphatic hydroxyl groups is 1. The van der Waals surface area contributed by atoms with Gasteiger partial charge in [0.25, 0.3) is 0 Å². The molecule has 0 radical (unpaired) electrons. The number of hydrogen-bond donors (Lipinski definition) is 3. The summed E-state index contributed by atoms with van der Waals surface area (Å²) in [5.74, 6) is -2.26. The zero-order chi connectivity index (χ0) is 24.4. The number of likely N-dealkylation sites (tertiary alicyclic amines) is 1. The minimum atomic E-state index is -0.798. The van der Waals surface area contributed by atoms with Gasteiger partial charge in [0.2, 0.25) is 17.7 Å². The van der Waals surface area contributed by atoms with E-state index in [1.54, 1.807) is 11.9 Å². The lowest BCUT2D eigenvalue weighted by Crippen LogP contribution is -2.51. The highest BCUT2D eigenvalue weighted by Crippen LogP contribution is 2.45. The van der Waals surface area contributed by atoms with Crippen molar-refractivity contribution in [1.29, 1.82) is 0 Å². The molecule has 6 atom stereocenters. The molecule has 180 valence electrons. The zero-order valence-corrected chi connectivity index (χ0v) is 20.5. The van der Waals surface area contributed by atoms with Gasteiger partial charge < -0.3 is 20.6 Å². The van der Waals surface area contributed by atoms with Crippen LogP contribution in [0.15, 0.2) is 30.4 Å². The molecule has 1 aliphatic heterocycles. The summed E-state index contributed by atoms with van der Waals surface area (Å²) in [5, 5.41) is 16.0. The van der Waals surface area contributed by atoms with E-state index in [1.807, 2.05) is 65.0 Å². The van der Waals surface area contributed by atoms with Gasteiger partial charge in [0.1, 0.15) is 6.04 Å². The van der Waals surface area contributed by atoms with Crippen LogP contribution in [0.25, 0.3) is 0 Å². The molecule has 3 rings (SSSR count). The maximum atomic E-state index is 13.8. The fraction of sp³-hybridized carbons (Fsp3) is 0.577. The highest BCUT2D eigenvalue weighted by Gasteiger charge is 2.58. The highest BCUT2D eigenvalue weighted by molar-refractivity contribution is 6.02. The van der Waals surface area contributed by atoms with Gasteiger partial charge in [0.15, 0.2) is 0 Å². The molecule has 1 aromatic carbocycles. The van der Waals surface area contributed by atoms with Crippen molar-refractivity contribution in [3.8, 4) is 0 Å². The van der Waals surface area contributed by atoms with Crippen LogP contribution in [0.2, 0.25) is 0 Å². The summed E-state index contributed by atoms with van der Waals surface area (Å²) >= 11 is 0. The Morgan fingerprint density at radius 1 is 1.12 bits per heavy atom. The number of aliphatic hydroxyl groups excluding tert-OH is 1. The molecule has 0 spiro atoms. The fourth-order valence-corrected chi connectivity index (χ4v) is 5.53. The second-order valence-electron chi connectivity index (χ2n) is 9.90. The third-order valence-electron chi connectivity index (χ3n) is 7.10. The van der Waals surface area contributed by atoms with Crippen LogP contribution in [0.4, 0.5) is 5.69 Å². The van der Waals surface area contributed by atoms with Gasteiger partial charge in [-0.3, -0.25) is 14.4 Å². The molecule has 0 bridgehead atoms. The van der Waals surface area contributed by atoms with Crippen molar-refractivity contribution >= 4 is 23.4 Å². The Balaban J connectivity index is 2.06. The summed E-state index contributed by atoms with van der Waals surface area (Å²) in [4.78, 5) is 41.9. The zero-order valence-electron chi connectivity index (χ0n) is 20.5. The van der Waals surface area contributed by atoms with E-state index < -0.39 is 29.8 Å². The van der Waals surface area contributed by atoms with Gasteiger partial charge >= 0.3 is 0 Å². The van der Waals surface area contributed by atoms with Crippen molar-refractivity contribution in [1.82, 2.24) is 10.2 Å². The highest BCUT2D eigenvalue weighted by atomic mass is 16.3. The van der Waals surface area contributed by atoms with Crippen molar-refractivity contribution in [2.24, 2.45) is 29.6 Å². The Kier molecular flexibility index (Phi) is 7.62. The van der Waals surface area contributed by atoms with Gasteiger partial charge in [-0.25, -0.2) is 0 Å². The molecule has 33 heavy (non-hydrogen) atoms. The SMILES string of the molecule is CNC(=O)[C@H]1[C@H]2C(=O)N([C@@H](CO)CC(C)C)[C@H](C(=O)Nc3c(C)cccc3C)[C@H]2C=C[C@H]1C. The number of nitrogens with zero attached hydrogens (tertiary/aromatic N) is 1. The third-order valence-corrected chi connectivity index (χ3v) is 7.10. The first kappa shape index (κ1) is 25.0. The lowest BCUT2D eigenvalue weighted by molar-refractivity contribution is -0.142. The van der Waals surface area contributed by atoms with Crippen LogP contribution in [0.5, 0.6) is 0 Å². The van der Waals surface area contributed by atoms with Crippen molar-refractivity contribution in [2.75, 3.05) is 19.0 Å². The van der Waals surface area contributed by atoms with E-state index in [-0.39, 0.29) is 36.2 Å². The molecular weight excluding hydrogens is 418 g/mol. The average molecular weight is 456 g/mol. The summed E-state index contributed by atoms with van der Waals surface area (Å²) in [6.45, 7) is 9.60. The molecule has 3 amide bonds.